The Kier molecular flexibility index (Phi) is 6.25. The van der Waals surface area contributed by atoms with E-state index in [1.807, 2.05) is 54.6 Å². The molecular weight excluding hydrogens is 425 g/mol. The molecular formula is C24H18Cl3NO. The van der Waals surface area contributed by atoms with E-state index in [1.165, 1.54) is 5.56 Å². The Balaban J connectivity index is 1.49. The van der Waals surface area contributed by atoms with Crippen LogP contribution in [0.15, 0.2) is 71.7 Å². The Morgan fingerprint density at radius 3 is 2.45 bits per heavy atom. The lowest BCUT2D eigenvalue weighted by Gasteiger charge is -2.16. The van der Waals surface area contributed by atoms with E-state index in [4.69, 9.17) is 39.5 Å². The van der Waals surface area contributed by atoms with Gasteiger partial charge < -0.3 is 4.74 Å². The van der Waals surface area contributed by atoms with Gasteiger partial charge >= 0.3 is 0 Å². The molecule has 0 saturated carbocycles. The summed E-state index contributed by atoms with van der Waals surface area (Å²) in [6.07, 6.45) is 4.87. The molecule has 0 spiro atoms. The number of allylic oxidation sites excluding steroid dienone is 1. The fraction of sp³-hybridized carbons (Fsp3) is 0.125. The Morgan fingerprint density at radius 2 is 1.66 bits per heavy atom. The number of halogens is 3. The number of ether oxygens (including phenoxy) is 1. The second-order valence-electron chi connectivity index (χ2n) is 6.75. The third kappa shape index (κ3) is 5.02. The number of hydrogen-bond donors (Lipinski definition) is 0. The number of hydrogen-bond acceptors (Lipinski definition) is 2. The molecule has 1 aliphatic rings. The van der Waals surface area contributed by atoms with Gasteiger partial charge in [-0.3, -0.25) is 4.99 Å². The number of aliphatic imine (C=N–C) groups is 1. The standard InChI is InChI=1S/C24H18Cl3NO/c25-19-5-1-16(2-6-19)15-29-21-8-9-22-18(13-21)11-12-28-24(22)10-4-17-3-7-20(26)14-23(17)27/h1-10,13-14H,11-12,15H2/b10-4+. The van der Waals surface area contributed by atoms with Crippen molar-refractivity contribution in [2.45, 2.75) is 13.0 Å². The molecule has 0 aliphatic carbocycles. The van der Waals surface area contributed by atoms with E-state index < -0.39 is 0 Å². The van der Waals surface area contributed by atoms with Crippen molar-refractivity contribution in [3.05, 3.63) is 104 Å². The molecule has 0 amide bonds. The van der Waals surface area contributed by atoms with Gasteiger partial charge in [-0.25, -0.2) is 0 Å². The molecule has 4 rings (SSSR count). The maximum Gasteiger partial charge on any atom is 0.120 e. The summed E-state index contributed by atoms with van der Waals surface area (Å²) in [7, 11) is 0. The first kappa shape index (κ1) is 20.0. The molecule has 0 radical (unpaired) electrons. The van der Waals surface area contributed by atoms with Gasteiger partial charge in [-0.15, -0.1) is 0 Å². The molecule has 3 aromatic rings. The first-order chi connectivity index (χ1) is 14.1. The first-order valence-electron chi connectivity index (χ1n) is 9.26. The van der Waals surface area contributed by atoms with Gasteiger partial charge in [0.25, 0.3) is 0 Å². The minimum Gasteiger partial charge on any atom is -0.489 e. The highest BCUT2D eigenvalue weighted by Gasteiger charge is 2.13. The Hall–Kier alpha value is -2.26. The smallest absolute Gasteiger partial charge is 0.120 e. The zero-order chi connectivity index (χ0) is 20.2. The summed E-state index contributed by atoms with van der Waals surface area (Å²) >= 11 is 18.2. The van der Waals surface area contributed by atoms with E-state index in [2.05, 4.69) is 17.1 Å². The van der Waals surface area contributed by atoms with Crippen LogP contribution in [0.5, 0.6) is 5.75 Å². The van der Waals surface area contributed by atoms with Gasteiger partial charge in [0, 0.05) is 27.2 Å². The summed E-state index contributed by atoms with van der Waals surface area (Å²) in [4.78, 5) is 4.67. The maximum atomic E-state index is 6.26. The van der Waals surface area contributed by atoms with Crippen molar-refractivity contribution in [2.24, 2.45) is 4.99 Å². The van der Waals surface area contributed by atoms with Crippen molar-refractivity contribution < 1.29 is 4.74 Å². The molecule has 0 aromatic heterocycles. The number of rotatable bonds is 5. The number of fused-ring (bicyclic) bond motifs is 1. The number of benzene rings is 3. The van der Waals surface area contributed by atoms with Gasteiger partial charge in [0.15, 0.2) is 0 Å². The van der Waals surface area contributed by atoms with Crippen LogP contribution in [0.2, 0.25) is 15.1 Å². The highest BCUT2D eigenvalue weighted by Crippen LogP contribution is 2.26. The number of nitrogens with zero attached hydrogens (tertiary/aromatic N) is 1. The van der Waals surface area contributed by atoms with E-state index in [9.17, 15) is 0 Å². The zero-order valence-electron chi connectivity index (χ0n) is 15.5. The molecule has 0 atom stereocenters. The predicted molar refractivity (Wildman–Crippen MR) is 123 cm³/mol. The Bertz CT molecular complexity index is 1090. The van der Waals surface area contributed by atoms with Crippen molar-refractivity contribution in [2.75, 3.05) is 6.54 Å². The van der Waals surface area contributed by atoms with Gasteiger partial charge in [0.05, 0.1) is 5.71 Å². The Labute approximate surface area is 185 Å². The van der Waals surface area contributed by atoms with Crippen molar-refractivity contribution in [1.29, 1.82) is 0 Å². The molecule has 1 aliphatic heterocycles. The summed E-state index contributed by atoms with van der Waals surface area (Å²) < 4.78 is 5.96. The molecule has 1 heterocycles. The summed E-state index contributed by atoms with van der Waals surface area (Å²) in [5, 5.41) is 1.97. The van der Waals surface area contributed by atoms with Gasteiger partial charge in [-0.05, 0) is 71.7 Å². The molecule has 0 saturated heterocycles. The van der Waals surface area contributed by atoms with Crippen LogP contribution in [0.3, 0.4) is 0 Å². The van der Waals surface area contributed by atoms with E-state index in [1.54, 1.807) is 6.07 Å². The SMILES string of the molecule is Clc1ccc(COc2ccc3c(c2)CCN=C3/C=C/c2ccc(Cl)cc2Cl)cc1. The van der Waals surface area contributed by atoms with Gasteiger partial charge in [0.2, 0.25) is 0 Å². The van der Waals surface area contributed by atoms with Gasteiger partial charge in [-0.2, -0.15) is 0 Å². The molecule has 0 fully saturated rings. The van der Waals surface area contributed by atoms with E-state index in [0.717, 1.165) is 46.1 Å². The summed E-state index contributed by atoms with van der Waals surface area (Å²) in [5.41, 5.74) is 5.29. The summed E-state index contributed by atoms with van der Waals surface area (Å²) in [5.74, 6) is 0.852. The molecule has 2 nitrogen and oxygen atoms in total. The second-order valence-corrected chi connectivity index (χ2v) is 8.03. The van der Waals surface area contributed by atoms with Crippen LogP contribution in [0, 0.1) is 0 Å². The summed E-state index contributed by atoms with van der Waals surface area (Å²) in [6, 6.07) is 19.3. The Morgan fingerprint density at radius 1 is 0.862 bits per heavy atom. The largest absolute Gasteiger partial charge is 0.489 e. The average molecular weight is 443 g/mol. The van der Waals surface area contributed by atoms with Crippen molar-refractivity contribution >= 4 is 46.6 Å². The lowest BCUT2D eigenvalue weighted by atomic mass is 9.96. The van der Waals surface area contributed by atoms with Crippen LogP contribution in [0.4, 0.5) is 0 Å². The van der Waals surface area contributed by atoms with Crippen LogP contribution in [0.1, 0.15) is 22.3 Å². The van der Waals surface area contributed by atoms with E-state index in [0.29, 0.717) is 16.7 Å². The van der Waals surface area contributed by atoms with Gasteiger partial charge in [0.1, 0.15) is 12.4 Å². The monoisotopic (exact) mass is 441 g/mol. The van der Waals surface area contributed by atoms with E-state index in [-0.39, 0.29) is 0 Å². The van der Waals surface area contributed by atoms with Crippen molar-refractivity contribution in [3.8, 4) is 5.75 Å². The molecule has 0 bridgehead atoms. The van der Waals surface area contributed by atoms with Crippen LogP contribution in [-0.4, -0.2) is 12.3 Å². The fourth-order valence-corrected chi connectivity index (χ4v) is 3.79. The summed E-state index contributed by atoms with van der Waals surface area (Å²) in [6.45, 7) is 1.26. The van der Waals surface area contributed by atoms with Crippen LogP contribution in [-0.2, 0) is 13.0 Å². The molecule has 3 aromatic carbocycles. The highest BCUT2D eigenvalue weighted by molar-refractivity contribution is 6.35. The molecule has 146 valence electrons. The first-order valence-corrected chi connectivity index (χ1v) is 10.4. The van der Waals surface area contributed by atoms with Gasteiger partial charge in [-0.1, -0.05) is 59.1 Å². The van der Waals surface area contributed by atoms with Crippen LogP contribution in [0.25, 0.3) is 6.08 Å². The second kappa shape index (κ2) is 9.04. The predicted octanol–water partition coefficient (Wildman–Crippen LogP) is 7.28. The molecule has 29 heavy (non-hydrogen) atoms. The average Bonchev–Trinajstić information content (AvgIpc) is 2.72. The maximum absolute atomic E-state index is 6.26. The highest BCUT2D eigenvalue weighted by atomic mass is 35.5. The van der Waals surface area contributed by atoms with Crippen LogP contribution < -0.4 is 4.74 Å². The lowest BCUT2D eigenvalue weighted by Crippen LogP contribution is -2.11. The topological polar surface area (TPSA) is 21.6 Å². The quantitative estimate of drug-likeness (QED) is 0.406. The molecule has 5 heteroatoms. The van der Waals surface area contributed by atoms with Crippen molar-refractivity contribution in [1.82, 2.24) is 0 Å². The molecule has 0 unspecified atom stereocenters. The minimum absolute atomic E-state index is 0.506. The molecule has 0 N–H and O–H groups in total. The third-order valence-corrected chi connectivity index (χ3v) is 5.53. The van der Waals surface area contributed by atoms with Crippen LogP contribution >= 0.6 is 34.8 Å². The van der Waals surface area contributed by atoms with Crippen molar-refractivity contribution in [3.63, 3.8) is 0 Å². The third-order valence-electron chi connectivity index (χ3n) is 4.72. The lowest BCUT2D eigenvalue weighted by molar-refractivity contribution is 0.306. The minimum atomic E-state index is 0.506. The van der Waals surface area contributed by atoms with E-state index >= 15 is 0 Å². The zero-order valence-corrected chi connectivity index (χ0v) is 17.8. The fourth-order valence-electron chi connectivity index (χ4n) is 3.19. The normalized spacial score (nSPS) is 13.3.